The molecule has 0 aromatic carbocycles. The monoisotopic (exact) mass is 218 g/mol. The van der Waals surface area contributed by atoms with Crippen LogP contribution in [0, 0.1) is 5.92 Å². The number of Topliss-reactive ketones (excluding diaryl/α,β-unsaturated/α-hetero) is 1. The lowest BCUT2D eigenvalue weighted by Gasteiger charge is -2.20. The molecule has 0 spiro atoms. The number of carbonyl (C=O) groups is 1. The number of rotatable bonds is 3. The van der Waals surface area contributed by atoms with E-state index in [0.717, 1.165) is 24.3 Å². The number of ketones is 1. The molecule has 0 atom stereocenters. The van der Waals surface area contributed by atoms with Crippen LogP contribution in [0.1, 0.15) is 37.0 Å². The molecule has 2 heterocycles. The van der Waals surface area contributed by atoms with Gasteiger partial charge in [-0.1, -0.05) is 13.8 Å². The second kappa shape index (κ2) is 4.64. The van der Waals surface area contributed by atoms with E-state index in [-0.39, 0.29) is 11.7 Å². The summed E-state index contributed by atoms with van der Waals surface area (Å²) in [6.45, 7) is 5.98. The summed E-state index contributed by atoms with van der Waals surface area (Å²) < 4.78 is 0. The van der Waals surface area contributed by atoms with Crippen molar-refractivity contribution in [3.8, 4) is 0 Å². The standard InChI is InChI=1S/C13H18N2O/c1-10(2)13(16)11-9-14-6-5-12(11)15-7-3-4-8-15/h5-6,9-10H,3-4,7-8H2,1-2H3. The van der Waals surface area contributed by atoms with Crippen molar-refractivity contribution < 1.29 is 4.79 Å². The Balaban J connectivity index is 2.33. The molecule has 86 valence electrons. The number of carbonyl (C=O) groups excluding carboxylic acids is 1. The third-order valence-corrected chi connectivity index (χ3v) is 3.03. The van der Waals surface area contributed by atoms with Crippen molar-refractivity contribution in [2.24, 2.45) is 5.92 Å². The smallest absolute Gasteiger partial charge is 0.169 e. The molecule has 0 saturated carbocycles. The average Bonchev–Trinajstić information content (AvgIpc) is 2.81. The number of aromatic nitrogens is 1. The van der Waals surface area contributed by atoms with Crippen LogP contribution in [0.2, 0.25) is 0 Å². The quantitative estimate of drug-likeness (QED) is 0.731. The molecule has 0 radical (unpaired) electrons. The Bertz CT molecular complexity index is 381. The lowest BCUT2D eigenvalue weighted by Crippen LogP contribution is -2.22. The number of hydrogen-bond acceptors (Lipinski definition) is 3. The maximum absolute atomic E-state index is 12.1. The Morgan fingerprint density at radius 3 is 2.69 bits per heavy atom. The van der Waals surface area contributed by atoms with Gasteiger partial charge in [-0.2, -0.15) is 0 Å². The molecule has 0 unspecified atom stereocenters. The molecule has 1 fully saturated rings. The molecule has 1 aromatic rings. The zero-order valence-corrected chi connectivity index (χ0v) is 9.94. The highest BCUT2D eigenvalue weighted by Gasteiger charge is 2.20. The van der Waals surface area contributed by atoms with Crippen molar-refractivity contribution in [1.82, 2.24) is 4.98 Å². The van der Waals surface area contributed by atoms with Gasteiger partial charge in [0.2, 0.25) is 0 Å². The maximum Gasteiger partial charge on any atom is 0.169 e. The fourth-order valence-electron chi connectivity index (χ4n) is 2.12. The molecular formula is C13H18N2O. The molecule has 2 rings (SSSR count). The lowest BCUT2D eigenvalue weighted by atomic mass is 10.0. The van der Waals surface area contributed by atoms with E-state index in [1.165, 1.54) is 12.8 Å². The highest BCUT2D eigenvalue weighted by molar-refractivity contribution is 6.02. The second-order valence-corrected chi connectivity index (χ2v) is 4.61. The minimum absolute atomic E-state index is 0.0329. The Morgan fingerprint density at radius 2 is 2.06 bits per heavy atom. The molecular weight excluding hydrogens is 200 g/mol. The zero-order valence-electron chi connectivity index (χ0n) is 9.94. The summed E-state index contributed by atoms with van der Waals surface area (Å²) >= 11 is 0. The largest absolute Gasteiger partial charge is 0.371 e. The van der Waals surface area contributed by atoms with E-state index in [0.29, 0.717) is 0 Å². The van der Waals surface area contributed by atoms with E-state index in [1.807, 2.05) is 19.9 Å². The molecule has 0 N–H and O–H groups in total. The summed E-state index contributed by atoms with van der Waals surface area (Å²) in [5.41, 5.74) is 1.84. The average molecular weight is 218 g/mol. The van der Waals surface area contributed by atoms with Crippen LogP contribution in [0.3, 0.4) is 0 Å². The highest BCUT2D eigenvalue weighted by atomic mass is 16.1. The Labute approximate surface area is 96.5 Å². The van der Waals surface area contributed by atoms with Crippen LogP contribution in [0.15, 0.2) is 18.5 Å². The predicted molar refractivity (Wildman–Crippen MR) is 64.9 cm³/mol. The maximum atomic E-state index is 12.1. The van der Waals surface area contributed by atoms with Gasteiger partial charge in [-0.25, -0.2) is 0 Å². The van der Waals surface area contributed by atoms with Crippen molar-refractivity contribution in [2.75, 3.05) is 18.0 Å². The predicted octanol–water partition coefficient (Wildman–Crippen LogP) is 2.52. The van der Waals surface area contributed by atoms with Gasteiger partial charge in [0.25, 0.3) is 0 Å². The number of hydrogen-bond donors (Lipinski definition) is 0. The van der Waals surface area contributed by atoms with Crippen molar-refractivity contribution in [3.63, 3.8) is 0 Å². The summed E-state index contributed by atoms with van der Waals surface area (Å²) in [5.74, 6) is 0.223. The number of anilines is 1. The lowest BCUT2D eigenvalue weighted by molar-refractivity contribution is 0.0939. The van der Waals surface area contributed by atoms with Crippen molar-refractivity contribution >= 4 is 11.5 Å². The van der Waals surface area contributed by atoms with E-state index in [2.05, 4.69) is 9.88 Å². The van der Waals surface area contributed by atoms with Crippen molar-refractivity contribution in [3.05, 3.63) is 24.0 Å². The van der Waals surface area contributed by atoms with E-state index < -0.39 is 0 Å². The van der Waals surface area contributed by atoms with Gasteiger partial charge >= 0.3 is 0 Å². The van der Waals surface area contributed by atoms with E-state index in [9.17, 15) is 4.79 Å². The molecule has 1 aromatic heterocycles. The first kappa shape index (κ1) is 11.1. The van der Waals surface area contributed by atoms with Gasteiger partial charge in [-0.3, -0.25) is 9.78 Å². The summed E-state index contributed by atoms with van der Waals surface area (Å²) in [5, 5.41) is 0. The molecule has 1 aliphatic rings. The summed E-state index contributed by atoms with van der Waals surface area (Å²) in [7, 11) is 0. The van der Waals surface area contributed by atoms with Crippen LogP contribution in [-0.2, 0) is 0 Å². The summed E-state index contributed by atoms with van der Waals surface area (Å²) in [6, 6.07) is 1.96. The third kappa shape index (κ3) is 2.08. The molecule has 0 amide bonds. The van der Waals surface area contributed by atoms with E-state index >= 15 is 0 Å². The highest BCUT2D eigenvalue weighted by Crippen LogP contribution is 2.25. The number of pyridine rings is 1. The van der Waals surface area contributed by atoms with Crippen LogP contribution < -0.4 is 4.90 Å². The van der Waals surface area contributed by atoms with Crippen LogP contribution in [-0.4, -0.2) is 23.9 Å². The Kier molecular flexibility index (Phi) is 3.22. The van der Waals surface area contributed by atoms with Gasteiger partial charge in [0.15, 0.2) is 5.78 Å². The molecule has 16 heavy (non-hydrogen) atoms. The normalized spacial score (nSPS) is 15.8. The molecule has 3 nitrogen and oxygen atoms in total. The van der Waals surface area contributed by atoms with Gasteiger partial charge in [0, 0.05) is 31.4 Å². The molecule has 0 aliphatic carbocycles. The van der Waals surface area contributed by atoms with E-state index in [4.69, 9.17) is 0 Å². The first-order valence-corrected chi connectivity index (χ1v) is 5.93. The van der Waals surface area contributed by atoms with Crippen LogP contribution >= 0.6 is 0 Å². The minimum atomic E-state index is 0.0329. The Morgan fingerprint density at radius 1 is 1.38 bits per heavy atom. The fraction of sp³-hybridized carbons (Fsp3) is 0.538. The second-order valence-electron chi connectivity index (χ2n) is 4.61. The summed E-state index contributed by atoms with van der Waals surface area (Å²) in [4.78, 5) is 18.4. The van der Waals surface area contributed by atoms with Crippen molar-refractivity contribution in [1.29, 1.82) is 0 Å². The van der Waals surface area contributed by atoms with Crippen LogP contribution in [0.4, 0.5) is 5.69 Å². The molecule has 1 saturated heterocycles. The van der Waals surface area contributed by atoms with Gasteiger partial charge in [0.05, 0.1) is 11.3 Å². The van der Waals surface area contributed by atoms with Gasteiger partial charge < -0.3 is 4.90 Å². The van der Waals surface area contributed by atoms with Gasteiger partial charge in [0.1, 0.15) is 0 Å². The van der Waals surface area contributed by atoms with Gasteiger partial charge in [-0.15, -0.1) is 0 Å². The topological polar surface area (TPSA) is 33.2 Å². The third-order valence-electron chi connectivity index (χ3n) is 3.03. The Hall–Kier alpha value is -1.38. The van der Waals surface area contributed by atoms with Gasteiger partial charge in [-0.05, 0) is 18.9 Å². The zero-order chi connectivity index (χ0) is 11.5. The van der Waals surface area contributed by atoms with E-state index in [1.54, 1.807) is 12.4 Å². The molecule has 0 bridgehead atoms. The minimum Gasteiger partial charge on any atom is -0.371 e. The molecule has 3 heteroatoms. The van der Waals surface area contributed by atoms with Crippen molar-refractivity contribution in [2.45, 2.75) is 26.7 Å². The fourth-order valence-corrected chi connectivity index (χ4v) is 2.12. The first-order chi connectivity index (χ1) is 7.70. The summed E-state index contributed by atoms with van der Waals surface area (Å²) in [6.07, 6.45) is 5.91. The van der Waals surface area contributed by atoms with Crippen LogP contribution in [0.5, 0.6) is 0 Å². The van der Waals surface area contributed by atoms with Crippen LogP contribution in [0.25, 0.3) is 0 Å². The molecule has 1 aliphatic heterocycles. The SMILES string of the molecule is CC(C)C(=O)c1cnccc1N1CCCC1. The first-order valence-electron chi connectivity index (χ1n) is 5.93. The number of nitrogens with zero attached hydrogens (tertiary/aromatic N) is 2.